The molecule has 7 rings (SSSR count). The number of hydrogen-bond donors (Lipinski definition) is 1. The average Bonchev–Trinajstić information content (AvgIpc) is 3.29. The first-order valence-corrected chi connectivity index (χ1v) is 11.7. The summed E-state index contributed by atoms with van der Waals surface area (Å²) in [6.07, 6.45) is 3.32. The van der Waals surface area contributed by atoms with Crippen molar-refractivity contribution in [1.82, 2.24) is 14.9 Å². The molecule has 0 radical (unpaired) electrons. The summed E-state index contributed by atoms with van der Waals surface area (Å²) in [5.74, 6) is 1.61. The van der Waals surface area contributed by atoms with Crippen molar-refractivity contribution in [2.45, 2.75) is 6.29 Å². The number of fused-ring (bicyclic) bond motifs is 5. The van der Waals surface area contributed by atoms with Crippen molar-refractivity contribution in [3.05, 3.63) is 127 Å². The van der Waals surface area contributed by atoms with Crippen LogP contribution in [0.25, 0.3) is 32.6 Å². The summed E-state index contributed by atoms with van der Waals surface area (Å²) in [4.78, 5) is 14.6. The van der Waals surface area contributed by atoms with Crippen molar-refractivity contribution in [2.75, 3.05) is 0 Å². The van der Waals surface area contributed by atoms with Gasteiger partial charge in [0.1, 0.15) is 11.7 Å². The Morgan fingerprint density at radius 3 is 1.97 bits per heavy atom. The number of nitrogens with zero attached hydrogens (tertiary/aromatic N) is 4. The van der Waals surface area contributed by atoms with Gasteiger partial charge in [-0.2, -0.15) is 0 Å². The van der Waals surface area contributed by atoms with Gasteiger partial charge < -0.3 is 5.32 Å². The summed E-state index contributed by atoms with van der Waals surface area (Å²) in [5.41, 5.74) is 4.26. The molecule has 1 aliphatic rings. The number of aromatic nitrogens is 2. The van der Waals surface area contributed by atoms with E-state index >= 15 is 0 Å². The van der Waals surface area contributed by atoms with Gasteiger partial charge >= 0.3 is 0 Å². The van der Waals surface area contributed by atoms with Crippen LogP contribution in [0.4, 0.5) is 0 Å². The van der Waals surface area contributed by atoms with Crippen LogP contribution < -0.4 is 5.32 Å². The van der Waals surface area contributed by atoms with E-state index in [-0.39, 0.29) is 0 Å². The second-order valence-corrected chi connectivity index (χ2v) is 8.60. The first-order valence-electron chi connectivity index (χ1n) is 11.7. The fourth-order valence-corrected chi connectivity index (χ4v) is 4.95. The van der Waals surface area contributed by atoms with Gasteiger partial charge in [-0.05, 0) is 23.6 Å². The fraction of sp³-hybridized carbons (Fsp3) is 0.0333. The van der Waals surface area contributed by atoms with E-state index in [0.717, 1.165) is 39.2 Å². The van der Waals surface area contributed by atoms with E-state index in [2.05, 4.69) is 81.6 Å². The Bertz CT molecular complexity index is 1710. The predicted octanol–water partition coefficient (Wildman–Crippen LogP) is 6.30. The second kappa shape index (κ2) is 7.92. The maximum Gasteiger partial charge on any atom is 0.224 e. The largest absolute Gasteiger partial charge is 0.324 e. The van der Waals surface area contributed by atoms with E-state index in [0.29, 0.717) is 0 Å². The molecule has 1 N–H and O–H groups in total. The molecule has 0 amide bonds. The Balaban J connectivity index is 1.53. The lowest BCUT2D eigenvalue weighted by Gasteiger charge is -2.24. The third-order valence-corrected chi connectivity index (χ3v) is 6.54. The first-order chi connectivity index (χ1) is 17.4. The number of rotatable bonds is 3. The van der Waals surface area contributed by atoms with Gasteiger partial charge in [-0.25, -0.2) is 9.98 Å². The van der Waals surface area contributed by atoms with Crippen LogP contribution in [-0.4, -0.2) is 21.2 Å². The van der Waals surface area contributed by atoms with Crippen molar-refractivity contribution in [3.8, 4) is 0 Å². The molecule has 4 aromatic carbocycles. The zero-order chi connectivity index (χ0) is 23.2. The molecular weight excluding hydrogens is 430 g/mol. The minimum Gasteiger partial charge on any atom is -0.324 e. The van der Waals surface area contributed by atoms with Crippen LogP contribution >= 0.6 is 0 Å². The third-order valence-electron chi connectivity index (χ3n) is 6.54. The lowest BCUT2D eigenvalue weighted by atomic mass is 10.1. The van der Waals surface area contributed by atoms with E-state index in [9.17, 15) is 0 Å². The molecule has 5 heteroatoms. The van der Waals surface area contributed by atoms with Crippen LogP contribution in [0.2, 0.25) is 0 Å². The minimum absolute atomic E-state index is 0.455. The highest BCUT2D eigenvalue weighted by atomic mass is 15.3. The molecule has 3 heterocycles. The number of amidine groups is 2. The number of aliphatic imine (C=N–C) groups is 2. The predicted molar refractivity (Wildman–Crippen MR) is 143 cm³/mol. The monoisotopic (exact) mass is 451 g/mol. The van der Waals surface area contributed by atoms with E-state index in [4.69, 9.17) is 9.98 Å². The maximum absolute atomic E-state index is 5.12. The van der Waals surface area contributed by atoms with Crippen LogP contribution in [0.5, 0.6) is 0 Å². The van der Waals surface area contributed by atoms with Gasteiger partial charge in [0, 0.05) is 39.7 Å². The maximum atomic E-state index is 5.12. The normalized spacial score (nSPS) is 14.2. The molecule has 0 aliphatic carbocycles. The molecule has 0 fully saturated rings. The molecule has 0 unspecified atom stereocenters. The van der Waals surface area contributed by atoms with Crippen LogP contribution in [-0.2, 0) is 0 Å². The number of pyridine rings is 1. The van der Waals surface area contributed by atoms with Crippen LogP contribution in [0.15, 0.2) is 126 Å². The molecule has 2 aromatic heterocycles. The number of nitrogens with one attached hydrogen (secondary N) is 1. The Hall–Kier alpha value is -4.77. The molecule has 166 valence electrons. The zero-order valence-corrected chi connectivity index (χ0v) is 18.8. The lowest BCUT2D eigenvalue weighted by Crippen LogP contribution is -2.36. The molecule has 5 nitrogen and oxygen atoms in total. The number of hydrogen-bond acceptors (Lipinski definition) is 4. The van der Waals surface area contributed by atoms with E-state index < -0.39 is 6.29 Å². The fourth-order valence-electron chi connectivity index (χ4n) is 4.95. The van der Waals surface area contributed by atoms with E-state index in [1.54, 1.807) is 0 Å². The molecule has 0 saturated heterocycles. The van der Waals surface area contributed by atoms with Gasteiger partial charge in [0.25, 0.3) is 0 Å². The van der Waals surface area contributed by atoms with Crippen molar-refractivity contribution < 1.29 is 0 Å². The SMILES string of the molecule is c1ccc(C2=NC(n3c4ccccc4c4c5ccncc5ccc43)N=C(c3ccccc3)N2)cc1. The summed E-state index contributed by atoms with van der Waals surface area (Å²) in [5, 5.41) is 8.17. The highest BCUT2D eigenvalue weighted by Gasteiger charge is 2.24. The molecular formula is C30H21N5. The summed E-state index contributed by atoms with van der Waals surface area (Å²) in [6, 6.07) is 35.3. The Morgan fingerprint density at radius 1 is 0.600 bits per heavy atom. The van der Waals surface area contributed by atoms with Gasteiger partial charge in [0.05, 0.1) is 11.0 Å². The molecule has 6 aromatic rings. The highest BCUT2D eigenvalue weighted by Crippen LogP contribution is 2.37. The van der Waals surface area contributed by atoms with Crippen molar-refractivity contribution in [2.24, 2.45) is 9.98 Å². The second-order valence-electron chi connectivity index (χ2n) is 8.60. The van der Waals surface area contributed by atoms with Crippen LogP contribution in [0, 0.1) is 0 Å². The van der Waals surface area contributed by atoms with E-state index in [1.807, 2.05) is 48.8 Å². The van der Waals surface area contributed by atoms with Gasteiger partial charge in [-0.15, -0.1) is 0 Å². The highest BCUT2D eigenvalue weighted by molar-refractivity contribution is 6.21. The lowest BCUT2D eigenvalue weighted by molar-refractivity contribution is 0.575. The Labute approximate surface area is 202 Å². The summed E-state index contributed by atoms with van der Waals surface area (Å²) < 4.78 is 2.25. The smallest absolute Gasteiger partial charge is 0.224 e. The first kappa shape index (κ1) is 19.7. The molecule has 35 heavy (non-hydrogen) atoms. The molecule has 0 bridgehead atoms. The summed E-state index contributed by atoms with van der Waals surface area (Å²) >= 11 is 0. The number of para-hydroxylation sites is 1. The topological polar surface area (TPSA) is 54.6 Å². The quantitative estimate of drug-likeness (QED) is 0.343. The standard InChI is InChI=1S/C30H21N5/c1-3-9-20(10-4-1)28-32-29(21-11-5-2-6-12-21)34-30(33-28)35-25-14-8-7-13-24(25)27-23-17-18-31-19-22(23)15-16-26(27)35/h1-19,30H,(H,32,33,34). The Kier molecular flexibility index (Phi) is 4.45. The zero-order valence-electron chi connectivity index (χ0n) is 18.8. The minimum atomic E-state index is -0.455. The van der Waals surface area contributed by atoms with Gasteiger partial charge in [0.2, 0.25) is 6.29 Å². The van der Waals surface area contributed by atoms with Crippen molar-refractivity contribution >= 4 is 44.2 Å². The average molecular weight is 452 g/mol. The summed E-state index contributed by atoms with van der Waals surface area (Å²) in [6.45, 7) is 0. The van der Waals surface area contributed by atoms with Gasteiger partial charge in [-0.1, -0.05) is 84.9 Å². The number of benzene rings is 4. The van der Waals surface area contributed by atoms with Crippen molar-refractivity contribution in [3.63, 3.8) is 0 Å². The van der Waals surface area contributed by atoms with Gasteiger partial charge in [-0.3, -0.25) is 9.55 Å². The molecule has 0 spiro atoms. The van der Waals surface area contributed by atoms with E-state index in [1.165, 1.54) is 16.2 Å². The third kappa shape index (κ3) is 3.21. The summed E-state index contributed by atoms with van der Waals surface area (Å²) in [7, 11) is 0. The van der Waals surface area contributed by atoms with Gasteiger partial charge in [0.15, 0.2) is 0 Å². The Morgan fingerprint density at radius 2 is 1.26 bits per heavy atom. The van der Waals surface area contributed by atoms with Crippen molar-refractivity contribution in [1.29, 1.82) is 0 Å². The molecule has 1 aliphatic heterocycles. The molecule has 0 saturated carbocycles. The van der Waals surface area contributed by atoms with Crippen LogP contribution in [0.1, 0.15) is 17.4 Å². The molecule has 0 atom stereocenters. The van der Waals surface area contributed by atoms with Crippen LogP contribution in [0.3, 0.4) is 0 Å².